The molecule has 0 N–H and O–H groups in total. The molecule has 0 saturated carbocycles. The Morgan fingerprint density at radius 3 is 1.91 bits per heavy atom. The lowest BCUT2D eigenvalue weighted by atomic mass is 10.0. The van der Waals surface area contributed by atoms with Crippen LogP contribution in [0.1, 0.15) is 97.8 Å². The first kappa shape index (κ1) is 21.0. The van der Waals surface area contributed by atoms with Crippen LogP contribution in [0, 0.1) is 0 Å². The Balaban J connectivity index is 2.51. The summed E-state index contributed by atoms with van der Waals surface area (Å²) >= 11 is 0. The Morgan fingerprint density at radius 2 is 1.35 bits per heavy atom. The molecule has 0 aromatic rings. The molecular weight excluding hydrogens is 280 g/mol. The van der Waals surface area contributed by atoms with Gasteiger partial charge in [0, 0.05) is 12.6 Å². The highest BCUT2D eigenvalue weighted by atomic mass is 15.2. The minimum atomic E-state index is 0.820. The molecule has 138 valence electrons. The maximum atomic E-state index is 2.83. The van der Waals surface area contributed by atoms with E-state index in [9.17, 15) is 0 Å². The molecule has 0 aromatic heterocycles. The summed E-state index contributed by atoms with van der Waals surface area (Å²) in [6.07, 6.45) is 16.8. The lowest BCUT2D eigenvalue weighted by molar-refractivity contribution is 0.108. The number of hydrogen-bond acceptors (Lipinski definition) is 2. The summed E-state index contributed by atoms with van der Waals surface area (Å²) in [5.41, 5.74) is 0. The largest absolute Gasteiger partial charge is 0.302 e. The summed E-state index contributed by atoms with van der Waals surface area (Å²) in [5.74, 6) is 0. The Morgan fingerprint density at radius 1 is 0.739 bits per heavy atom. The van der Waals surface area contributed by atoms with Gasteiger partial charge in [-0.05, 0) is 58.3 Å². The molecule has 1 heterocycles. The van der Waals surface area contributed by atoms with Gasteiger partial charge in [-0.2, -0.15) is 0 Å². The van der Waals surface area contributed by atoms with E-state index in [0.717, 1.165) is 6.04 Å². The second-order valence-electron chi connectivity index (χ2n) is 7.61. The van der Waals surface area contributed by atoms with Crippen LogP contribution in [0.15, 0.2) is 0 Å². The zero-order valence-corrected chi connectivity index (χ0v) is 16.5. The number of rotatable bonds is 14. The highest BCUT2D eigenvalue weighted by Gasteiger charge is 2.22. The van der Waals surface area contributed by atoms with Crippen molar-refractivity contribution in [2.45, 2.75) is 104 Å². The number of nitrogens with zero attached hydrogens (tertiary/aromatic N) is 2. The molecule has 1 atom stereocenters. The zero-order valence-electron chi connectivity index (χ0n) is 16.5. The molecule has 1 saturated heterocycles. The Labute approximate surface area is 147 Å². The Hall–Kier alpha value is -0.0800. The van der Waals surface area contributed by atoms with Gasteiger partial charge in [0.2, 0.25) is 0 Å². The average molecular weight is 325 g/mol. The van der Waals surface area contributed by atoms with E-state index in [2.05, 4.69) is 30.6 Å². The van der Waals surface area contributed by atoms with Gasteiger partial charge in [-0.3, -0.25) is 4.90 Å². The van der Waals surface area contributed by atoms with Gasteiger partial charge in [0.25, 0.3) is 0 Å². The molecule has 1 aliphatic rings. The van der Waals surface area contributed by atoms with Crippen LogP contribution in [0.25, 0.3) is 0 Å². The van der Waals surface area contributed by atoms with Crippen molar-refractivity contribution in [3.8, 4) is 0 Å². The van der Waals surface area contributed by atoms with E-state index in [-0.39, 0.29) is 0 Å². The molecule has 2 nitrogen and oxygen atoms in total. The lowest BCUT2D eigenvalue weighted by Gasteiger charge is -2.38. The molecule has 0 spiro atoms. The van der Waals surface area contributed by atoms with Crippen molar-refractivity contribution in [3.63, 3.8) is 0 Å². The summed E-state index contributed by atoms with van der Waals surface area (Å²) in [4.78, 5) is 5.62. The van der Waals surface area contributed by atoms with Crippen LogP contribution < -0.4 is 0 Å². The molecule has 0 aliphatic carbocycles. The van der Waals surface area contributed by atoms with Crippen LogP contribution in [0.5, 0.6) is 0 Å². The predicted molar refractivity (Wildman–Crippen MR) is 104 cm³/mol. The molecule has 1 rings (SSSR count). The van der Waals surface area contributed by atoms with Crippen molar-refractivity contribution in [1.29, 1.82) is 0 Å². The van der Waals surface area contributed by atoms with E-state index < -0.39 is 0 Å². The van der Waals surface area contributed by atoms with Gasteiger partial charge in [-0.15, -0.1) is 0 Å². The monoisotopic (exact) mass is 324 g/mol. The third-order valence-corrected chi connectivity index (χ3v) is 5.42. The molecular formula is C21H44N2. The van der Waals surface area contributed by atoms with Crippen molar-refractivity contribution >= 4 is 0 Å². The lowest BCUT2D eigenvalue weighted by Crippen LogP contribution is -2.46. The molecule has 0 amide bonds. The molecule has 23 heavy (non-hydrogen) atoms. The fourth-order valence-electron chi connectivity index (χ4n) is 3.84. The molecule has 0 radical (unpaired) electrons. The number of likely N-dealkylation sites (tertiary alicyclic amines) is 1. The molecule has 2 heteroatoms. The maximum Gasteiger partial charge on any atom is 0.0223 e. The quantitative estimate of drug-likeness (QED) is 0.377. The normalized spacial score (nSPS) is 17.7. The first-order valence-electron chi connectivity index (χ1n) is 10.8. The van der Waals surface area contributed by atoms with E-state index in [1.165, 1.54) is 110 Å². The zero-order chi connectivity index (χ0) is 16.8. The smallest absolute Gasteiger partial charge is 0.0223 e. The minimum Gasteiger partial charge on any atom is -0.302 e. The molecule has 1 aliphatic heterocycles. The summed E-state index contributed by atoms with van der Waals surface area (Å²) in [6.45, 7) is 13.6. The van der Waals surface area contributed by atoms with Crippen molar-refractivity contribution < 1.29 is 0 Å². The number of piperidine rings is 1. The number of unbranched alkanes of at least 4 members (excludes halogenated alkanes) is 5. The van der Waals surface area contributed by atoms with Gasteiger partial charge in [-0.25, -0.2) is 0 Å². The van der Waals surface area contributed by atoms with Crippen LogP contribution in [0.2, 0.25) is 0 Å². The van der Waals surface area contributed by atoms with E-state index >= 15 is 0 Å². The van der Waals surface area contributed by atoms with Crippen LogP contribution in [0.4, 0.5) is 0 Å². The maximum absolute atomic E-state index is 2.83. The van der Waals surface area contributed by atoms with Gasteiger partial charge < -0.3 is 4.90 Å². The SMILES string of the molecule is CCCCCCC(CN(CCCC)CCCC)N1CCCCC1. The van der Waals surface area contributed by atoms with Crippen molar-refractivity contribution in [1.82, 2.24) is 9.80 Å². The predicted octanol–water partition coefficient (Wildman–Crippen LogP) is 5.71. The van der Waals surface area contributed by atoms with Crippen LogP contribution in [-0.2, 0) is 0 Å². The summed E-state index contributed by atoms with van der Waals surface area (Å²) in [6, 6.07) is 0.820. The van der Waals surface area contributed by atoms with Crippen LogP contribution >= 0.6 is 0 Å². The fraction of sp³-hybridized carbons (Fsp3) is 1.00. The second kappa shape index (κ2) is 14.3. The highest BCUT2D eigenvalue weighted by molar-refractivity contribution is 4.78. The number of hydrogen-bond donors (Lipinski definition) is 0. The molecule has 0 aromatic carbocycles. The highest BCUT2D eigenvalue weighted by Crippen LogP contribution is 2.18. The van der Waals surface area contributed by atoms with Gasteiger partial charge in [0.05, 0.1) is 0 Å². The van der Waals surface area contributed by atoms with Crippen LogP contribution in [-0.4, -0.2) is 48.6 Å². The standard InChI is InChI=1S/C21H44N2/c1-4-7-10-12-15-21(23-18-13-11-14-19-23)20-22(16-8-5-2)17-9-6-3/h21H,4-20H2,1-3H3. The average Bonchev–Trinajstić information content (AvgIpc) is 2.60. The Bertz CT molecular complexity index is 240. The topological polar surface area (TPSA) is 6.48 Å². The van der Waals surface area contributed by atoms with E-state index in [1.807, 2.05) is 0 Å². The van der Waals surface area contributed by atoms with Crippen molar-refractivity contribution in [2.24, 2.45) is 0 Å². The van der Waals surface area contributed by atoms with E-state index in [0.29, 0.717) is 0 Å². The third kappa shape index (κ3) is 9.72. The van der Waals surface area contributed by atoms with Gasteiger partial charge in [0.15, 0.2) is 0 Å². The second-order valence-corrected chi connectivity index (χ2v) is 7.61. The molecule has 0 bridgehead atoms. The van der Waals surface area contributed by atoms with Crippen LogP contribution in [0.3, 0.4) is 0 Å². The summed E-state index contributed by atoms with van der Waals surface area (Å²) in [7, 11) is 0. The van der Waals surface area contributed by atoms with Crippen molar-refractivity contribution in [2.75, 3.05) is 32.7 Å². The fourth-order valence-corrected chi connectivity index (χ4v) is 3.84. The first-order valence-corrected chi connectivity index (χ1v) is 10.8. The van der Waals surface area contributed by atoms with Gasteiger partial charge in [0.1, 0.15) is 0 Å². The minimum absolute atomic E-state index is 0.820. The van der Waals surface area contributed by atoms with E-state index in [1.54, 1.807) is 0 Å². The Kier molecular flexibility index (Phi) is 13.0. The van der Waals surface area contributed by atoms with Gasteiger partial charge >= 0.3 is 0 Å². The summed E-state index contributed by atoms with van der Waals surface area (Å²) in [5, 5.41) is 0. The van der Waals surface area contributed by atoms with Gasteiger partial charge in [-0.1, -0.05) is 65.7 Å². The summed E-state index contributed by atoms with van der Waals surface area (Å²) < 4.78 is 0. The third-order valence-electron chi connectivity index (χ3n) is 5.42. The van der Waals surface area contributed by atoms with E-state index in [4.69, 9.17) is 0 Å². The van der Waals surface area contributed by atoms with Crippen molar-refractivity contribution in [3.05, 3.63) is 0 Å². The molecule has 1 fully saturated rings. The molecule has 1 unspecified atom stereocenters. The first-order chi connectivity index (χ1) is 11.3.